The molecule has 0 aliphatic carbocycles. The Hall–Kier alpha value is -3.33. The third kappa shape index (κ3) is 4.75. The van der Waals surface area contributed by atoms with Gasteiger partial charge in [0, 0.05) is 12.6 Å². The van der Waals surface area contributed by atoms with Gasteiger partial charge in [0.05, 0.1) is 24.6 Å². The molecule has 0 radical (unpaired) electrons. The first-order valence-corrected chi connectivity index (χ1v) is 10.4. The Morgan fingerprint density at radius 2 is 1.83 bits per heavy atom. The minimum Gasteiger partial charge on any atom is -0.497 e. The van der Waals surface area contributed by atoms with Crippen LogP contribution in [0.25, 0.3) is 11.5 Å². The number of sulfonamides is 1. The van der Waals surface area contributed by atoms with E-state index in [1.54, 1.807) is 43.5 Å². The van der Waals surface area contributed by atoms with Crippen LogP contribution in [-0.4, -0.2) is 39.8 Å². The van der Waals surface area contributed by atoms with Crippen LogP contribution >= 0.6 is 0 Å². The van der Waals surface area contributed by atoms with Gasteiger partial charge in [0.15, 0.2) is 0 Å². The van der Waals surface area contributed by atoms with E-state index in [9.17, 15) is 13.2 Å². The van der Waals surface area contributed by atoms with Crippen molar-refractivity contribution >= 4 is 21.7 Å². The van der Waals surface area contributed by atoms with Crippen LogP contribution < -0.4 is 9.04 Å². The molecule has 0 spiro atoms. The van der Waals surface area contributed by atoms with E-state index in [4.69, 9.17) is 13.9 Å². The van der Waals surface area contributed by atoms with Crippen molar-refractivity contribution in [3.05, 3.63) is 66.1 Å². The summed E-state index contributed by atoms with van der Waals surface area (Å²) in [6.45, 7) is -0.116. The number of carbonyl (C=O) groups is 1. The van der Waals surface area contributed by atoms with Crippen molar-refractivity contribution in [1.29, 1.82) is 0 Å². The third-order valence-corrected chi connectivity index (χ3v) is 5.39. The van der Waals surface area contributed by atoms with E-state index in [-0.39, 0.29) is 17.9 Å². The SMILES string of the molecule is COc1ccc(-c2nc(COC(=O)c3ccccc3N(C)S(C)(=O)=O)co2)cc1. The molecule has 29 heavy (non-hydrogen) atoms. The summed E-state index contributed by atoms with van der Waals surface area (Å²) in [5, 5.41) is 0. The van der Waals surface area contributed by atoms with Gasteiger partial charge in [-0.2, -0.15) is 0 Å². The largest absolute Gasteiger partial charge is 0.497 e. The molecule has 0 unspecified atom stereocenters. The Morgan fingerprint density at radius 3 is 2.48 bits per heavy atom. The van der Waals surface area contributed by atoms with Gasteiger partial charge in [-0.1, -0.05) is 12.1 Å². The molecular weight excluding hydrogens is 396 g/mol. The van der Waals surface area contributed by atoms with E-state index in [2.05, 4.69) is 4.98 Å². The first-order valence-electron chi connectivity index (χ1n) is 8.58. The lowest BCUT2D eigenvalue weighted by molar-refractivity contribution is 0.0469. The van der Waals surface area contributed by atoms with Gasteiger partial charge >= 0.3 is 5.97 Å². The van der Waals surface area contributed by atoms with Crippen LogP contribution in [0.3, 0.4) is 0 Å². The second kappa shape index (κ2) is 8.36. The lowest BCUT2D eigenvalue weighted by Gasteiger charge is -2.19. The van der Waals surface area contributed by atoms with Crippen molar-refractivity contribution in [2.24, 2.45) is 0 Å². The minimum atomic E-state index is -3.52. The summed E-state index contributed by atoms with van der Waals surface area (Å²) >= 11 is 0. The molecule has 1 heterocycles. The Morgan fingerprint density at radius 1 is 1.14 bits per heavy atom. The monoisotopic (exact) mass is 416 g/mol. The molecular formula is C20H20N2O6S. The summed E-state index contributed by atoms with van der Waals surface area (Å²) < 4.78 is 40.5. The van der Waals surface area contributed by atoms with Gasteiger partial charge in [-0.15, -0.1) is 0 Å². The number of para-hydroxylation sites is 1. The number of hydrogen-bond donors (Lipinski definition) is 0. The average Bonchev–Trinajstić information content (AvgIpc) is 3.20. The van der Waals surface area contributed by atoms with Crippen LogP contribution in [-0.2, 0) is 21.4 Å². The molecule has 2 aromatic carbocycles. The number of benzene rings is 2. The quantitative estimate of drug-likeness (QED) is 0.546. The Kier molecular flexibility index (Phi) is 5.88. The summed E-state index contributed by atoms with van der Waals surface area (Å²) in [6.07, 6.45) is 2.46. The number of carbonyl (C=O) groups excluding carboxylic acids is 1. The fourth-order valence-corrected chi connectivity index (χ4v) is 3.07. The van der Waals surface area contributed by atoms with Crippen LogP contribution in [0.5, 0.6) is 5.75 Å². The van der Waals surface area contributed by atoms with Crippen molar-refractivity contribution < 1.29 is 27.1 Å². The van der Waals surface area contributed by atoms with Crippen LogP contribution in [0.15, 0.2) is 59.2 Å². The zero-order valence-electron chi connectivity index (χ0n) is 16.2. The number of anilines is 1. The minimum absolute atomic E-state index is 0.116. The molecule has 0 aliphatic rings. The maximum Gasteiger partial charge on any atom is 0.340 e. The maximum atomic E-state index is 12.5. The van der Waals surface area contributed by atoms with E-state index in [0.717, 1.165) is 16.1 Å². The first-order chi connectivity index (χ1) is 13.8. The first kappa shape index (κ1) is 20.4. The molecule has 9 heteroatoms. The summed E-state index contributed by atoms with van der Waals surface area (Å²) in [5.74, 6) is 0.438. The van der Waals surface area contributed by atoms with E-state index in [0.29, 0.717) is 17.3 Å². The number of esters is 1. The van der Waals surface area contributed by atoms with Gasteiger partial charge in [0.2, 0.25) is 15.9 Å². The van der Waals surface area contributed by atoms with Gasteiger partial charge in [0.1, 0.15) is 24.3 Å². The van der Waals surface area contributed by atoms with E-state index in [1.807, 2.05) is 0 Å². The summed E-state index contributed by atoms with van der Waals surface area (Å²) in [5.41, 5.74) is 1.56. The number of rotatable bonds is 7. The average molecular weight is 416 g/mol. The fraction of sp³-hybridized carbons (Fsp3) is 0.200. The van der Waals surface area contributed by atoms with Crippen molar-refractivity contribution in [3.63, 3.8) is 0 Å². The topological polar surface area (TPSA) is 98.9 Å². The van der Waals surface area contributed by atoms with Gasteiger partial charge in [-0.05, 0) is 36.4 Å². The predicted octanol–water partition coefficient (Wildman–Crippen LogP) is 3.10. The molecule has 152 valence electrons. The second-order valence-electron chi connectivity index (χ2n) is 6.20. The molecule has 0 atom stereocenters. The smallest absolute Gasteiger partial charge is 0.340 e. The third-order valence-electron chi connectivity index (χ3n) is 4.20. The molecule has 0 aliphatic heterocycles. The fourth-order valence-electron chi connectivity index (χ4n) is 2.56. The number of methoxy groups -OCH3 is 1. The molecule has 0 fully saturated rings. The van der Waals surface area contributed by atoms with Crippen molar-refractivity contribution in [3.8, 4) is 17.2 Å². The van der Waals surface area contributed by atoms with Crippen molar-refractivity contribution in [2.45, 2.75) is 6.61 Å². The van der Waals surface area contributed by atoms with Crippen molar-refractivity contribution in [1.82, 2.24) is 4.98 Å². The lowest BCUT2D eigenvalue weighted by Crippen LogP contribution is -2.26. The van der Waals surface area contributed by atoms with Gasteiger partial charge in [0.25, 0.3) is 0 Å². The number of nitrogens with zero attached hydrogens (tertiary/aromatic N) is 2. The molecule has 3 rings (SSSR count). The molecule has 0 saturated heterocycles. The van der Waals surface area contributed by atoms with Gasteiger partial charge < -0.3 is 13.9 Å². The normalized spacial score (nSPS) is 11.1. The Labute approximate surface area is 168 Å². The molecule has 0 bridgehead atoms. The highest BCUT2D eigenvalue weighted by Gasteiger charge is 2.20. The summed E-state index contributed by atoms with van der Waals surface area (Å²) in [4.78, 5) is 16.8. The standard InChI is InChI=1S/C20H20N2O6S/c1-22(29(3,24)25)18-7-5-4-6-17(18)20(23)28-13-15-12-27-19(21-15)14-8-10-16(26-2)11-9-14/h4-12H,13H2,1-3H3. The lowest BCUT2D eigenvalue weighted by atomic mass is 10.2. The molecule has 8 nitrogen and oxygen atoms in total. The van der Waals surface area contributed by atoms with E-state index < -0.39 is 16.0 Å². The highest BCUT2D eigenvalue weighted by Crippen LogP contribution is 2.24. The van der Waals surface area contributed by atoms with Crippen LogP contribution in [0.1, 0.15) is 16.1 Å². The second-order valence-corrected chi connectivity index (χ2v) is 8.21. The summed E-state index contributed by atoms with van der Waals surface area (Å²) in [6, 6.07) is 13.5. The molecule has 1 aromatic heterocycles. The van der Waals surface area contributed by atoms with E-state index in [1.165, 1.54) is 25.4 Å². The molecule has 0 amide bonds. The summed E-state index contributed by atoms with van der Waals surface area (Å²) in [7, 11) is -0.565. The Bertz CT molecular complexity index is 1110. The number of ether oxygens (including phenoxy) is 2. The molecule has 0 saturated carbocycles. The number of oxazole rings is 1. The molecule has 3 aromatic rings. The van der Waals surface area contributed by atoms with Gasteiger partial charge in [-0.25, -0.2) is 18.2 Å². The number of hydrogen-bond acceptors (Lipinski definition) is 7. The van der Waals surface area contributed by atoms with E-state index >= 15 is 0 Å². The highest BCUT2D eigenvalue weighted by atomic mass is 32.2. The zero-order chi connectivity index (χ0) is 21.0. The Balaban J connectivity index is 1.71. The number of aromatic nitrogens is 1. The zero-order valence-corrected chi connectivity index (χ0v) is 17.0. The highest BCUT2D eigenvalue weighted by molar-refractivity contribution is 7.92. The van der Waals surface area contributed by atoms with Gasteiger partial charge in [-0.3, -0.25) is 4.31 Å². The van der Waals surface area contributed by atoms with Crippen LogP contribution in [0, 0.1) is 0 Å². The molecule has 0 N–H and O–H groups in total. The maximum absolute atomic E-state index is 12.5. The van der Waals surface area contributed by atoms with Crippen LogP contribution in [0.2, 0.25) is 0 Å². The predicted molar refractivity (Wildman–Crippen MR) is 107 cm³/mol. The van der Waals surface area contributed by atoms with Crippen LogP contribution in [0.4, 0.5) is 5.69 Å². The van der Waals surface area contributed by atoms with Crippen molar-refractivity contribution in [2.75, 3.05) is 24.7 Å².